The molecule has 0 radical (unpaired) electrons. The lowest BCUT2D eigenvalue weighted by Gasteiger charge is -2.10. The van der Waals surface area contributed by atoms with Gasteiger partial charge in [-0.2, -0.15) is 0 Å². The topological polar surface area (TPSA) is 36.4 Å². The first kappa shape index (κ1) is 16.6. The smallest absolute Gasteiger partial charge is 0.190 e. The van der Waals surface area contributed by atoms with Gasteiger partial charge in [0.25, 0.3) is 0 Å². The van der Waals surface area contributed by atoms with Crippen LogP contribution in [-0.4, -0.2) is 26.3 Å². The van der Waals surface area contributed by atoms with Crippen LogP contribution in [0.25, 0.3) is 0 Å². The molecule has 2 N–H and O–H groups in total. The van der Waals surface area contributed by atoms with Crippen molar-refractivity contribution in [3.63, 3.8) is 0 Å². The Hall–Kier alpha value is -0.430. The van der Waals surface area contributed by atoms with Gasteiger partial charge in [0.1, 0.15) is 0 Å². The van der Waals surface area contributed by atoms with E-state index < -0.39 is 0 Å². The maximum atomic E-state index is 4.07. The normalized spacial score (nSPS) is 10.7. The number of rotatable bonds is 3. The highest BCUT2D eigenvalue weighted by Gasteiger charge is 1.99. The molecule has 96 valence electrons. The van der Waals surface area contributed by atoms with E-state index in [0.29, 0.717) is 0 Å². The van der Waals surface area contributed by atoms with Crippen molar-refractivity contribution in [3.05, 3.63) is 29.3 Å². The molecule has 0 heterocycles. The quantitative estimate of drug-likeness (QED) is 0.374. The van der Waals surface area contributed by atoms with Crippen LogP contribution < -0.4 is 10.6 Å². The number of hydrogen-bond acceptors (Lipinski definition) is 2. The SMILES string of the molecule is CN=C(NC)NCc1ccc(SC)c(C)c1.I. The fraction of sp³-hybridized carbons (Fsp3) is 0.417. The van der Waals surface area contributed by atoms with Gasteiger partial charge in [0, 0.05) is 25.5 Å². The van der Waals surface area contributed by atoms with Gasteiger partial charge in [-0.1, -0.05) is 12.1 Å². The van der Waals surface area contributed by atoms with E-state index in [-0.39, 0.29) is 24.0 Å². The second kappa shape index (κ2) is 8.63. The van der Waals surface area contributed by atoms with E-state index >= 15 is 0 Å². The Morgan fingerprint density at radius 1 is 1.41 bits per heavy atom. The zero-order valence-electron chi connectivity index (χ0n) is 10.7. The number of hydrogen-bond donors (Lipinski definition) is 2. The molecule has 0 fully saturated rings. The number of guanidine groups is 1. The molecule has 0 saturated carbocycles. The molecule has 3 nitrogen and oxygen atoms in total. The average Bonchev–Trinajstić information content (AvgIpc) is 2.30. The fourth-order valence-electron chi connectivity index (χ4n) is 1.52. The first-order valence-electron chi connectivity index (χ1n) is 5.23. The predicted octanol–water partition coefficient (Wildman–Crippen LogP) is 2.63. The zero-order valence-corrected chi connectivity index (χ0v) is 13.8. The third-order valence-corrected chi connectivity index (χ3v) is 3.28. The summed E-state index contributed by atoms with van der Waals surface area (Å²) in [5.41, 5.74) is 2.60. The Labute approximate surface area is 125 Å². The number of thioether (sulfide) groups is 1. The van der Waals surface area contributed by atoms with Gasteiger partial charge >= 0.3 is 0 Å². The second-order valence-electron chi connectivity index (χ2n) is 3.48. The molecule has 0 unspecified atom stereocenters. The van der Waals surface area contributed by atoms with Crippen LogP contribution in [0.2, 0.25) is 0 Å². The van der Waals surface area contributed by atoms with Crippen molar-refractivity contribution < 1.29 is 0 Å². The molecule has 0 aliphatic rings. The molecule has 0 spiro atoms. The van der Waals surface area contributed by atoms with E-state index in [2.05, 4.69) is 47.0 Å². The highest BCUT2D eigenvalue weighted by atomic mass is 127. The minimum atomic E-state index is 0. The van der Waals surface area contributed by atoms with Gasteiger partial charge in [-0.25, -0.2) is 0 Å². The first-order chi connectivity index (χ1) is 7.71. The average molecular weight is 365 g/mol. The predicted molar refractivity (Wildman–Crippen MR) is 87.6 cm³/mol. The molecule has 0 bridgehead atoms. The van der Waals surface area contributed by atoms with Crippen molar-refractivity contribution in [2.45, 2.75) is 18.4 Å². The van der Waals surface area contributed by atoms with Gasteiger partial charge in [0.05, 0.1) is 0 Å². The molecule has 0 amide bonds. The molecule has 5 heteroatoms. The summed E-state index contributed by atoms with van der Waals surface area (Å²) in [6, 6.07) is 6.52. The van der Waals surface area contributed by atoms with Crippen LogP contribution in [0.1, 0.15) is 11.1 Å². The maximum Gasteiger partial charge on any atom is 0.190 e. The summed E-state index contributed by atoms with van der Waals surface area (Å²) in [4.78, 5) is 5.40. The number of nitrogens with zero attached hydrogens (tertiary/aromatic N) is 1. The van der Waals surface area contributed by atoms with Gasteiger partial charge < -0.3 is 10.6 Å². The Balaban J connectivity index is 0.00000256. The van der Waals surface area contributed by atoms with Gasteiger partial charge in [-0.15, -0.1) is 35.7 Å². The summed E-state index contributed by atoms with van der Waals surface area (Å²) >= 11 is 1.78. The highest BCUT2D eigenvalue weighted by molar-refractivity contribution is 14.0. The minimum absolute atomic E-state index is 0. The third-order valence-electron chi connectivity index (χ3n) is 2.38. The first-order valence-corrected chi connectivity index (χ1v) is 6.45. The van der Waals surface area contributed by atoms with Crippen molar-refractivity contribution in [1.29, 1.82) is 0 Å². The molecule has 0 aliphatic carbocycles. The van der Waals surface area contributed by atoms with Crippen molar-refractivity contribution in [2.24, 2.45) is 4.99 Å². The molecular weight excluding hydrogens is 345 g/mol. The summed E-state index contributed by atoms with van der Waals surface area (Å²) in [5, 5.41) is 6.23. The Morgan fingerprint density at radius 3 is 2.59 bits per heavy atom. The van der Waals surface area contributed by atoms with E-state index in [1.165, 1.54) is 16.0 Å². The highest BCUT2D eigenvalue weighted by Crippen LogP contribution is 2.20. The second-order valence-corrected chi connectivity index (χ2v) is 4.33. The van der Waals surface area contributed by atoms with Crippen LogP contribution in [0.15, 0.2) is 28.1 Å². The van der Waals surface area contributed by atoms with E-state index in [4.69, 9.17) is 0 Å². The van der Waals surface area contributed by atoms with Crippen LogP contribution in [0, 0.1) is 6.92 Å². The summed E-state index contributed by atoms with van der Waals surface area (Å²) in [6.45, 7) is 2.94. The van der Waals surface area contributed by atoms with Gasteiger partial charge in [-0.3, -0.25) is 4.99 Å². The molecular formula is C12H20IN3S. The van der Waals surface area contributed by atoms with E-state index in [9.17, 15) is 0 Å². The Bertz CT molecular complexity index is 380. The lowest BCUT2D eigenvalue weighted by Crippen LogP contribution is -2.34. The molecule has 0 atom stereocenters. The molecule has 1 rings (SSSR count). The van der Waals surface area contributed by atoms with Crippen LogP contribution in [0.4, 0.5) is 0 Å². The van der Waals surface area contributed by atoms with Crippen molar-refractivity contribution >= 4 is 41.7 Å². The number of aliphatic imine (C=N–C) groups is 1. The summed E-state index contributed by atoms with van der Waals surface area (Å²) < 4.78 is 0. The molecule has 0 aliphatic heterocycles. The number of nitrogens with one attached hydrogen (secondary N) is 2. The van der Waals surface area contributed by atoms with Crippen LogP contribution in [0.3, 0.4) is 0 Å². The van der Waals surface area contributed by atoms with Crippen molar-refractivity contribution in [2.75, 3.05) is 20.4 Å². The van der Waals surface area contributed by atoms with Crippen LogP contribution in [-0.2, 0) is 6.54 Å². The molecule has 0 saturated heterocycles. The maximum absolute atomic E-state index is 4.07. The molecule has 1 aromatic rings. The van der Waals surface area contributed by atoms with Crippen LogP contribution in [0.5, 0.6) is 0 Å². The summed E-state index contributed by atoms with van der Waals surface area (Å²) in [6.07, 6.45) is 2.10. The van der Waals surface area contributed by atoms with Gasteiger partial charge in [0.2, 0.25) is 0 Å². The van der Waals surface area contributed by atoms with Gasteiger partial charge in [-0.05, 0) is 30.4 Å². The van der Waals surface area contributed by atoms with Gasteiger partial charge in [0.15, 0.2) is 5.96 Å². The minimum Gasteiger partial charge on any atom is -0.359 e. The van der Waals surface area contributed by atoms with Crippen molar-refractivity contribution in [1.82, 2.24) is 10.6 Å². The standard InChI is InChI=1S/C12H19N3S.HI/c1-9-7-10(5-6-11(9)16-4)8-15-12(13-2)14-3;/h5-7H,8H2,1-4H3,(H2,13,14,15);1H. The van der Waals surface area contributed by atoms with Crippen LogP contribution >= 0.6 is 35.7 Å². The lowest BCUT2D eigenvalue weighted by molar-refractivity contribution is 0.863. The monoisotopic (exact) mass is 365 g/mol. The molecule has 17 heavy (non-hydrogen) atoms. The Kier molecular flexibility index (Phi) is 8.41. The Morgan fingerprint density at radius 2 is 2.12 bits per heavy atom. The molecule has 0 aromatic heterocycles. The zero-order chi connectivity index (χ0) is 12.0. The van der Waals surface area contributed by atoms with Crippen molar-refractivity contribution in [3.8, 4) is 0 Å². The number of benzene rings is 1. The van der Waals surface area contributed by atoms with E-state index in [0.717, 1.165) is 12.5 Å². The fourth-order valence-corrected chi connectivity index (χ4v) is 2.10. The number of aryl methyl sites for hydroxylation is 1. The largest absolute Gasteiger partial charge is 0.359 e. The third kappa shape index (κ3) is 5.16. The lowest BCUT2D eigenvalue weighted by atomic mass is 10.1. The van der Waals surface area contributed by atoms with E-state index in [1.807, 2.05) is 7.05 Å². The van der Waals surface area contributed by atoms with E-state index in [1.54, 1.807) is 18.8 Å². The molecule has 1 aromatic carbocycles. The summed E-state index contributed by atoms with van der Waals surface area (Å²) in [5.74, 6) is 0.812. The number of halogens is 1. The summed E-state index contributed by atoms with van der Waals surface area (Å²) in [7, 11) is 3.62.